The Balaban J connectivity index is 1.29. The van der Waals surface area contributed by atoms with Gasteiger partial charge >= 0.3 is 0 Å². The van der Waals surface area contributed by atoms with Crippen molar-refractivity contribution >= 4 is 11.8 Å². The third-order valence-corrected chi connectivity index (χ3v) is 8.86. The summed E-state index contributed by atoms with van der Waals surface area (Å²) in [6.45, 7) is 1.32. The van der Waals surface area contributed by atoms with Crippen molar-refractivity contribution in [3.8, 4) is 16.9 Å². The molecule has 3 heterocycles. The highest BCUT2D eigenvalue weighted by molar-refractivity contribution is 5.98. The summed E-state index contributed by atoms with van der Waals surface area (Å²) in [5.74, 6) is 0.333. The van der Waals surface area contributed by atoms with Gasteiger partial charge in [-0.05, 0) is 55.4 Å². The van der Waals surface area contributed by atoms with Crippen LogP contribution in [0.3, 0.4) is 0 Å². The van der Waals surface area contributed by atoms with Gasteiger partial charge in [-0.1, -0.05) is 49.2 Å². The number of likely N-dealkylation sites (tertiary alicyclic amines) is 1. The average molecular weight is 534 g/mol. The van der Waals surface area contributed by atoms with Crippen LogP contribution in [0.15, 0.2) is 48.5 Å². The smallest absolute Gasteiger partial charge is 0.255 e. The van der Waals surface area contributed by atoms with Crippen molar-refractivity contribution in [3.05, 3.63) is 54.1 Å². The first-order chi connectivity index (χ1) is 19.0. The van der Waals surface area contributed by atoms with Crippen molar-refractivity contribution < 1.29 is 24.2 Å². The summed E-state index contributed by atoms with van der Waals surface area (Å²) in [7, 11) is 0. The number of hydrogen-bond donors (Lipinski definition) is 3. The number of benzene rings is 2. The lowest BCUT2D eigenvalue weighted by Gasteiger charge is -2.35. The van der Waals surface area contributed by atoms with Crippen LogP contribution in [-0.2, 0) is 9.53 Å². The molecule has 4 aliphatic rings. The zero-order valence-corrected chi connectivity index (χ0v) is 22.4. The van der Waals surface area contributed by atoms with Gasteiger partial charge in [0.05, 0.1) is 30.4 Å². The number of nitrogens with zero attached hydrogens (tertiary/aromatic N) is 1. The number of rotatable bonds is 2. The summed E-state index contributed by atoms with van der Waals surface area (Å²) in [4.78, 5) is 29.3. The second kappa shape index (κ2) is 11.7. The number of amides is 2. The number of hydrogen-bond acceptors (Lipinski definition) is 6. The highest BCUT2D eigenvalue weighted by atomic mass is 16.5. The molecule has 0 radical (unpaired) electrons. The minimum atomic E-state index is -0.600. The molecule has 1 saturated carbocycles. The minimum Gasteiger partial charge on any atom is -0.493 e. The van der Waals surface area contributed by atoms with E-state index < -0.39 is 12.2 Å². The molecule has 2 amide bonds. The first-order valence-corrected chi connectivity index (χ1v) is 14.6. The molecule has 2 saturated heterocycles. The molecular weight excluding hydrogens is 494 g/mol. The molecule has 3 fully saturated rings. The van der Waals surface area contributed by atoms with Crippen LogP contribution in [-0.4, -0.2) is 78.0 Å². The molecule has 1 aliphatic carbocycles. The van der Waals surface area contributed by atoms with E-state index in [2.05, 4.69) is 15.5 Å². The highest BCUT2D eigenvalue weighted by Gasteiger charge is 2.42. The molecule has 3 N–H and O–H groups in total. The van der Waals surface area contributed by atoms with E-state index >= 15 is 0 Å². The van der Waals surface area contributed by atoms with Gasteiger partial charge in [0.1, 0.15) is 11.9 Å². The quantitative estimate of drug-likeness (QED) is 0.548. The fourth-order valence-electron chi connectivity index (χ4n) is 6.73. The van der Waals surface area contributed by atoms with Gasteiger partial charge in [-0.3, -0.25) is 14.5 Å². The van der Waals surface area contributed by atoms with Gasteiger partial charge in [-0.25, -0.2) is 0 Å². The van der Waals surface area contributed by atoms with Gasteiger partial charge < -0.3 is 25.2 Å². The number of carbonyl (C=O) groups is 2. The summed E-state index contributed by atoms with van der Waals surface area (Å²) < 4.78 is 12.5. The predicted octanol–water partition coefficient (Wildman–Crippen LogP) is 3.28. The molecule has 39 heavy (non-hydrogen) atoms. The van der Waals surface area contributed by atoms with Crippen LogP contribution in [0.5, 0.6) is 5.75 Å². The monoisotopic (exact) mass is 533 g/mol. The predicted molar refractivity (Wildman–Crippen MR) is 148 cm³/mol. The summed E-state index contributed by atoms with van der Waals surface area (Å²) in [6, 6.07) is 15.7. The molecule has 4 bridgehead atoms. The second-order valence-corrected chi connectivity index (χ2v) is 11.5. The maximum atomic E-state index is 13.6. The fraction of sp³-hybridized carbons (Fsp3) is 0.548. The third kappa shape index (κ3) is 5.83. The van der Waals surface area contributed by atoms with Crippen LogP contribution < -0.4 is 15.4 Å². The van der Waals surface area contributed by atoms with Crippen LogP contribution in [0, 0.1) is 0 Å². The Kier molecular flexibility index (Phi) is 7.86. The molecule has 0 aromatic heterocycles. The second-order valence-electron chi connectivity index (χ2n) is 11.5. The standard InChI is InChI=1S/C31H39N3O5/c35-27-13-11-24-14-15-38-28-16-21(20-6-2-1-3-7-20)10-12-25(28)30(36)33-22-17-26(31(37)32-18-29(27)39-24)34(19-22)23-8-4-5-9-23/h1-3,6-7,10,12,16,22-24,26-27,29,35H,4-5,8-9,11,13-15,17-19H2,(H,32,37)(H,33,36)/t22-,24-,26-,27-,29+/m0/s1. The van der Waals surface area contributed by atoms with E-state index in [4.69, 9.17) is 9.47 Å². The lowest BCUT2D eigenvalue weighted by Crippen LogP contribution is -2.51. The Hall–Kier alpha value is -2.94. The van der Waals surface area contributed by atoms with E-state index in [1.165, 1.54) is 12.8 Å². The number of carbonyl (C=O) groups excluding carboxylic acids is 2. The molecule has 3 aliphatic heterocycles. The van der Waals surface area contributed by atoms with Crippen LogP contribution in [0.25, 0.3) is 11.1 Å². The van der Waals surface area contributed by atoms with Crippen LogP contribution in [0.4, 0.5) is 0 Å². The molecule has 2 aromatic carbocycles. The van der Waals surface area contributed by atoms with E-state index in [1.54, 1.807) is 0 Å². The lowest BCUT2D eigenvalue weighted by atomic mass is 9.99. The van der Waals surface area contributed by atoms with Gasteiger partial charge in [0, 0.05) is 31.6 Å². The van der Waals surface area contributed by atoms with Gasteiger partial charge in [0.25, 0.3) is 5.91 Å². The first-order valence-electron chi connectivity index (χ1n) is 14.6. The maximum Gasteiger partial charge on any atom is 0.255 e. The van der Waals surface area contributed by atoms with Crippen LogP contribution in [0.2, 0.25) is 0 Å². The third-order valence-electron chi connectivity index (χ3n) is 8.86. The Morgan fingerprint density at radius 3 is 2.56 bits per heavy atom. The average Bonchev–Trinajstić information content (AvgIpc) is 3.63. The summed E-state index contributed by atoms with van der Waals surface area (Å²) in [5.41, 5.74) is 2.54. The van der Waals surface area contributed by atoms with Crippen molar-refractivity contribution in [2.24, 2.45) is 0 Å². The fourth-order valence-corrected chi connectivity index (χ4v) is 6.73. The zero-order valence-electron chi connectivity index (χ0n) is 22.4. The number of ether oxygens (including phenoxy) is 2. The SMILES string of the molecule is O=C1N[C@H]2C[C@@H](C(=O)NC[C@H]3O[C@H](CCOc4cc(-c5ccccc5)ccc41)CC[C@@H]3O)N(C1CCCC1)C2. The number of aliphatic hydroxyl groups excluding tert-OH is 1. The van der Waals surface area contributed by atoms with Crippen molar-refractivity contribution in [2.75, 3.05) is 19.7 Å². The Bertz CT molecular complexity index is 1170. The zero-order chi connectivity index (χ0) is 26.8. The molecule has 0 spiro atoms. The van der Waals surface area contributed by atoms with Crippen molar-refractivity contribution in [2.45, 2.75) is 87.8 Å². The molecular formula is C31H39N3O5. The Morgan fingerprint density at radius 1 is 0.923 bits per heavy atom. The molecule has 6 rings (SSSR count). The largest absolute Gasteiger partial charge is 0.493 e. The Labute approximate surface area is 230 Å². The van der Waals surface area contributed by atoms with E-state index in [-0.39, 0.29) is 36.5 Å². The molecule has 2 aromatic rings. The summed E-state index contributed by atoms with van der Waals surface area (Å²) >= 11 is 0. The van der Waals surface area contributed by atoms with Crippen molar-refractivity contribution in [1.29, 1.82) is 0 Å². The van der Waals surface area contributed by atoms with E-state index in [1.807, 2.05) is 48.5 Å². The normalized spacial score (nSPS) is 30.7. The van der Waals surface area contributed by atoms with Gasteiger partial charge in [0.2, 0.25) is 5.91 Å². The van der Waals surface area contributed by atoms with Crippen molar-refractivity contribution in [1.82, 2.24) is 15.5 Å². The van der Waals surface area contributed by atoms with Gasteiger partial charge in [-0.2, -0.15) is 0 Å². The molecule has 8 nitrogen and oxygen atoms in total. The van der Waals surface area contributed by atoms with E-state index in [0.29, 0.717) is 49.8 Å². The van der Waals surface area contributed by atoms with Gasteiger partial charge in [0.15, 0.2) is 0 Å². The van der Waals surface area contributed by atoms with Crippen LogP contribution >= 0.6 is 0 Å². The topological polar surface area (TPSA) is 100 Å². The van der Waals surface area contributed by atoms with Crippen LogP contribution in [0.1, 0.15) is 61.7 Å². The molecule has 208 valence electrons. The summed E-state index contributed by atoms with van der Waals surface area (Å²) in [6.07, 6.45) is 5.93. The number of fused-ring (bicyclic) bond motifs is 5. The lowest BCUT2D eigenvalue weighted by molar-refractivity contribution is -0.134. The minimum absolute atomic E-state index is 0.0418. The van der Waals surface area contributed by atoms with E-state index in [0.717, 1.165) is 30.4 Å². The molecule has 0 unspecified atom stereocenters. The van der Waals surface area contributed by atoms with Crippen molar-refractivity contribution in [3.63, 3.8) is 0 Å². The molecule has 8 heteroatoms. The summed E-state index contributed by atoms with van der Waals surface area (Å²) in [5, 5.41) is 16.9. The highest BCUT2D eigenvalue weighted by Crippen LogP contribution is 2.32. The van der Waals surface area contributed by atoms with Gasteiger partial charge in [-0.15, -0.1) is 0 Å². The molecule has 5 atom stereocenters. The number of aliphatic hydroxyl groups is 1. The number of nitrogens with one attached hydrogen (secondary N) is 2. The first kappa shape index (κ1) is 26.3. The Morgan fingerprint density at radius 2 is 1.74 bits per heavy atom. The van der Waals surface area contributed by atoms with E-state index in [9.17, 15) is 14.7 Å². The maximum absolute atomic E-state index is 13.6.